The highest BCUT2D eigenvalue weighted by Crippen LogP contribution is 2.40. The summed E-state index contributed by atoms with van der Waals surface area (Å²) in [4.78, 5) is 0. The van der Waals surface area contributed by atoms with Gasteiger partial charge in [0.05, 0.1) is 0 Å². The smallest absolute Gasteiger partial charge is 0.126 e. The van der Waals surface area contributed by atoms with E-state index in [1.54, 1.807) is 6.07 Å². The van der Waals surface area contributed by atoms with Crippen LogP contribution >= 0.6 is 0 Å². The molecule has 0 radical (unpaired) electrons. The maximum Gasteiger partial charge on any atom is 0.126 e. The summed E-state index contributed by atoms with van der Waals surface area (Å²) in [5.74, 6) is 1.35. The van der Waals surface area contributed by atoms with Gasteiger partial charge in [-0.05, 0) is 48.9 Å². The molecule has 0 aromatic heterocycles. The molecule has 1 fully saturated rings. The summed E-state index contributed by atoms with van der Waals surface area (Å²) in [5.41, 5.74) is 1.86. The van der Waals surface area contributed by atoms with Crippen LogP contribution in [-0.2, 0) is 0 Å². The summed E-state index contributed by atoms with van der Waals surface area (Å²) < 4.78 is 13.9. The number of hydrogen-bond acceptors (Lipinski definition) is 1. The van der Waals surface area contributed by atoms with Gasteiger partial charge < -0.3 is 5.32 Å². The third-order valence-electron chi connectivity index (χ3n) is 4.90. The summed E-state index contributed by atoms with van der Waals surface area (Å²) in [7, 11) is 0. The Kier molecular flexibility index (Phi) is 5.59. The zero-order valence-electron chi connectivity index (χ0n) is 13.1. The summed E-state index contributed by atoms with van der Waals surface area (Å²) in [6, 6.07) is 6.07. The molecule has 112 valence electrons. The third kappa shape index (κ3) is 3.41. The molecule has 0 spiro atoms. The van der Waals surface area contributed by atoms with Gasteiger partial charge in [-0.1, -0.05) is 51.7 Å². The molecule has 2 rings (SSSR count). The van der Waals surface area contributed by atoms with E-state index in [0.29, 0.717) is 12.0 Å². The molecule has 1 N–H and O–H groups in total. The van der Waals surface area contributed by atoms with Gasteiger partial charge in [-0.2, -0.15) is 0 Å². The Hall–Kier alpha value is -0.890. The van der Waals surface area contributed by atoms with E-state index in [0.717, 1.165) is 23.6 Å². The average molecular weight is 277 g/mol. The topological polar surface area (TPSA) is 12.0 Å². The molecule has 20 heavy (non-hydrogen) atoms. The van der Waals surface area contributed by atoms with Crippen molar-refractivity contribution in [2.45, 2.75) is 58.9 Å². The first-order valence-electron chi connectivity index (χ1n) is 8.16. The molecule has 1 nitrogen and oxygen atoms in total. The van der Waals surface area contributed by atoms with Crippen LogP contribution in [0.25, 0.3) is 0 Å². The SMILES string of the molecule is CCNC(c1ccc(C)c(F)c1)C1CCCCC1CC. The van der Waals surface area contributed by atoms with Crippen molar-refractivity contribution in [3.8, 4) is 0 Å². The summed E-state index contributed by atoms with van der Waals surface area (Å²) >= 11 is 0. The summed E-state index contributed by atoms with van der Waals surface area (Å²) in [6.45, 7) is 7.20. The zero-order valence-corrected chi connectivity index (χ0v) is 13.1. The molecule has 1 saturated carbocycles. The first-order valence-corrected chi connectivity index (χ1v) is 8.16. The van der Waals surface area contributed by atoms with Crippen LogP contribution in [0.1, 0.15) is 63.1 Å². The Bertz CT molecular complexity index is 429. The predicted molar refractivity (Wildman–Crippen MR) is 83.3 cm³/mol. The zero-order chi connectivity index (χ0) is 14.5. The van der Waals surface area contributed by atoms with Crippen LogP contribution in [0.4, 0.5) is 4.39 Å². The Balaban J connectivity index is 2.26. The fraction of sp³-hybridized carbons (Fsp3) is 0.667. The van der Waals surface area contributed by atoms with Crippen LogP contribution < -0.4 is 5.32 Å². The lowest BCUT2D eigenvalue weighted by Gasteiger charge is -2.37. The minimum atomic E-state index is -0.0748. The van der Waals surface area contributed by atoms with E-state index in [1.165, 1.54) is 32.1 Å². The van der Waals surface area contributed by atoms with Gasteiger partial charge in [-0.3, -0.25) is 0 Å². The molecule has 0 bridgehead atoms. The lowest BCUT2D eigenvalue weighted by Crippen LogP contribution is -2.34. The van der Waals surface area contributed by atoms with Crippen molar-refractivity contribution in [1.82, 2.24) is 5.32 Å². The van der Waals surface area contributed by atoms with Gasteiger partial charge in [0.25, 0.3) is 0 Å². The van der Waals surface area contributed by atoms with Crippen LogP contribution in [0.2, 0.25) is 0 Å². The molecule has 1 aromatic carbocycles. The van der Waals surface area contributed by atoms with E-state index in [1.807, 2.05) is 13.0 Å². The van der Waals surface area contributed by atoms with Crippen molar-refractivity contribution < 1.29 is 4.39 Å². The van der Waals surface area contributed by atoms with Crippen molar-refractivity contribution in [3.05, 3.63) is 35.1 Å². The van der Waals surface area contributed by atoms with Crippen LogP contribution in [0, 0.1) is 24.6 Å². The molecule has 3 atom stereocenters. The number of hydrogen-bond donors (Lipinski definition) is 1. The molecule has 3 unspecified atom stereocenters. The highest BCUT2D eigenvalue weighted by molar-refractivity contribution is 5.26. The molecular weight excluding hydrogens is 249 g/mol. The molecule has 0 amide bonds. The minimum Gasteiger partial charge on any atom is -0.310 e. The molecule has 0 heterocycles. The quantitative estimate of drug-likeness (QED) is 0.798. The van der Waals surface area contributed by atoms with Crippen molar-refractivity contribution >= 4 is 0 Å². The lowest BCUT2D eigenvalue weighted by molar-refractivity contribution is 0.176. The highest BCUT2D eigenvalue weighted by atomic mass is 19.1. The maximum atomic E-state index is 13.9. The van der Waals surface area contributed by atoms with Gasteiger partial charge in [0.2, 0.25) is 0 Å². The first-order chi connectivity index (χ1) is 9.67. The van der Waals surface area contributed by atoms with Gasteiger partial charge in [0.1, 0.15) is 5.82 Å². The molecule has 1 aliphatic carbocycles. The van der Waals surface area contributed by atoms with Gasteiger partial charge in [0, 0.05) is 6.04 Å². The predicted octanol–water partition coefficient (Wildman–Crippen LogP) is 5.00. The van der Waals surface area contributed by atoms with Crippen molar-refractivity contribution in [2.24, 2.45) is 11.8 Å². The van der Waals surface area contributed by atoms with Crippen LogP contribution in [-0.4, -0.2) is 6.54 Å². The average Bonchev–Trinajstić information content (AvgIpc) is 2.48. The number of nitrogens with one attached hydrogen (secondary N) is 1. The number of aryl methyl sites for hydroxylation is 1. The third-order valence-corrected chi connectivity index (χ3v) is 4.90. The molecule has 1 aliphatic rings. The molecule has 1 aromatic rings. The van der Waals surface area contributed by atoms with E-state index < -0.39 is 0 Å². The largest absolute Gasteiger partial charge is 0.310 e. The molecule has 2 heteroatoms. The second-order valence-electron chi connectivity index (χ2n) is 6.16. The fourth-order valence-electron chi connectivity index (χ4n) is 3.72. The van der Waals surface area contributed by atoms with E-state index in [9.17, 15) is 4.39 Å². The fourth-order valence-corrected chi connectivity index (χ4v) is 3.72. The Morgan fingerprint density at radius 1 is 1.25 bits per heavy atom. The van der Waals surface area contributed by atoms with E-state index in [4.69, 9.17) is 0 Å². The normalized spacial score (nSPS) is 24.6. The second kappa shape index (κ2) is 7.21. The van der Waals surface area contributed by atoms with Gasteiger partial charge in [-0.15, -0.1) is 0 Å². The van der Waals surface area contributed by atoms with Gasteiger partial charge in [-0.25, -0.2) is 4.39 Å². The Labute approximate surface area is 123 Å². The Morgan fingerprint density at radius 2 is 2.00 bits per heavy atom. The number of benzene rings is 1. The van der Waals surface area contributed by atoms with Crippen LogP contribution in [0.5, 0.6) is 0 Å². The number of halogens is 1. The summed E-state index contributed by atoms with van der Waals surface area (Å²) in [6.07, 6.45) is 6.51. The van der Waals surface area contributed by atoms with E-state index in [-0.39, 0.29) is 5.82 Å². The van der Waals surface area contributed by atoms with E-state index >= 15 is 0 Å². The van der Waals surface area contributed by atoms with Crippen molar-refractivity contribution in [2.75, 3.05) is 6.54 Å². The standard InChI is InChI=1S/C18H28FN/c1-4-14-8-6-7-9-16(14)18(20-5-2)15-11-10-13(3)17(19)12-15/h10-12,14,16,18,20H,4-9H2,1-3H3. The highest BCUT2D eigenvalue weighted by Gasteiger charge is 2.31. The second-order valence-corrected chi connectivity index (χ2v) is 6.16. The lowest BCUT2D eigenvalue weighted by atomic mass is 9.72. The summed E-state index contributed by atoms with van der Waals surface area (Å²) in [5, 5.41) is 3.61. The molecule has 0 aliphatic heterocycles. The van der Waals surface area contributed by atoms with E-state index in [2.05, 4.69) is 25.2 Å². The maximum absolute atomic E-state index is 13.9. The molecule has 0 saturated heterocycles. The number of rotatable bonds is 5. The Morgan fingerprint density at radius 3 is 2.65 bits per heavy atom. The van der Waals surface area contributed by atoms with Gasteiger partial charge in [0.15, 0.2) is 0 Å². The van der Waals surface area contributed by atoms with Gasteiger partial charge >= 0.3 is 0 Å². The monoisotopic (exact) mass is 277 g/mol. The van der Waals surface area contributed by atoms with Crippen LogP contribution in [0.3, 0.4) is 0 Å². The van der Waals surface area contributed by atoms with Crippen LogP contribution in [0.15, 0.2) is 18.2 Å². The minimum absolute atomic E-state index is 0.0748. The van der Waals surface area contributed by atoms with Crippen molar-refractivity contribution in [1.29, 1.82) is 0 Å². The van der Waals surface area contributed by atoms with Crippen molar-refractivity contribution in [3.63, 3.8) is 0 Å². The molecular formula is C18H28FN. The first kappa shape index (κ1) is 15.5.